The summed E-state index contributed by atoms with van der Waals surface area (Å²) < 4.78 is 11.6. The van der Waals surface area contributed by atoms with Gasteiger partial charge in [-0.3, -0.25) is 14.5 Å². The number of ether oxygens (including phenoxy) is 2. The first-order valence-electron chi connectivity index (χ1n) is 9.64. The Labute approximate surface area is 205 Å². The second-order valence-corrected chi connectivity index (χ2v) is 9.14. The molecule has 10 heteroatoms. The van der Waals surface area contributed by atoms with Gasteiger partial charge in [0.25, 0.3) is 11.8 Å². The minimum Gasteiger partial charge on any atom is -0.493 e. The third kappa shape index (κ3) is 5.75. The van der Waals surface area contributed by atoms with Crippen LogP contribution >= 0.6 is 47.2 Å². The predicted molar refractivity (Wildman–Crippen MR) is 134 cm³/mol. The zero-order valence-electron chi connectivity index (χ0n) is 17.3. The van der Waals surface area contributed by atoms with Gasteiger partial charge in [0, 0.05) is 6.54 Å². The lowest BCUT2D eigenvalue weighted by atomic mass is 10.2. The van der Waals surface area contributed by atoms with Gasteiger partial charge in [-0.05, 0) is 42.3 Å². The highest BCUT2D eigenvalue weighted by Gasteiger charge is 2.31. The maximum absolute atomic E-state index is 12.5. The molecule has 1 aliphatic heterocycles. The van der Waals surface area contributed by atoms with Crippen molar-refractivity contribution in [3.63, 3.8) is 0 Å². The van der Waals surface area contributed by atoms with E-state index in [1.54, 1.807) is 47.4 Å². The number of thioether (sulfide) groups is 1. The Morgan fingerprint density at radius 3 is 2.75 bits per heavy atom. The number of halogens is 2. The molecular weight excluding hydrogens is 491 g/mol. The summed E-state index contributed by atoms with van der Waals surface area (Å²) in [5.74, 6) is 0.310. The van der Waals surface area contributed by atoms with Crippen molar-refractivity contribution in [2.45, 2.75) is 13.3 Å². The van der Waals surface area contributed by atoms with Crippen LogP contribution in [-0.2, 0) is 9.59 Å². The van der Waals surface area contributed by atoms with Gasteiger partial charge in [0.1, 0.15) is 4.32 Å². The molecule has 0 spiro atoms. The molecule has 0 aromatic heterocycles. The highest BCUT2D eigenvalue weighted by Crippen LogP contribution is 2.35. The van der Waals surface area contributed by atoms with Gasteiger partial charge in [-0.15, -0.1) is 0 Å². The van der Waals surface area contributed by atoms with E-state index in [4.69, 9.17) is 44.9 Å². The lowest BCUT2D eigenvalue weighted by Crippen LogP contribution is -2.28. The Morgan fingerprint density at radius 1 is 1.25 bits per heavy atom. The molecule has 1 fully saturated rings. The second-order valence-electron chi connectivity index (χ2n) is 6.68. The van der Waals surface area contributed by atoms with Gasteiger partial charge in [-0.25, -0.2) is 0 Å². The highest BCUT2D eigenvalue weighted by molar-refractivity contribution is 8.26. The van der Waals surface area contributed by atoms with Crippen molar-refractivity contribution in [2.24, 2.45) is 0 Å². The zero-order valence-corrected chi connectivity index (χ0v) is 20.5. The molecule has 1 aliphatic rings. The average molecular weight is 511 g/mol. The number of anilines is 1. The van der Waals surface area contributed by atoms with Gasteiger partial charge in [0.2, 0.25) is 0 Å². The molecule has 2 aromatic carbocycles. The van der Waals surface area contributed by atoms with Gasteiger partial charge in [0.05, 0.1) is 27.7 Å². The number of hydrogen-bond donors (Lipinski definition) is 1. The number of carbonyl (C=O) groups excluding carboxylic acids is 2. The summed E-state index contributed by atoms with van der Waals surface area (Å²) in [7, 11) is 1.50. The molecule has 2 aromatic rings. The summed E-state index contributed by atoms with van der Waals surface area (Å²) in [4.78, 5) is 26.9. The van der Waals surface area contributed by atoms with E-state index in [1.807, 2.05) is 6.92 Å². The van der Waals surface area contributed by atoms with Crippen molar-refractivity contribution >= 4 is 75.1 Å². The number of thiocarbonyl (C=S) groups is 1. The minimum atomic E-state index is -0.403. The number of benzene rings is 2. The molecule has 1 saturated heterocycles. The van der Waals surface area contributed by atoms with Crippen molar-refractivity contribution in [3.8, 4) is 11.5 Å². The van der Waals surface area contributed by atoms with Crippen molar-refractivity contribution in [1.29, 1.82) is 0 Å². The normalized spacial score (nSPS) is 14.8. The molecule has 168 valence electrons. The molecular formula is C22H20Cl2N2O4S2. The number of carbonyl (C=O) groups is 2. The molecule has 0 aliphatic carbocycles. The van der Waals surface area contributed by atoms with Crippen LogP contribution in [-0.4, -0.2) is 41.3 Å². The van der Waals surface area contributed by atoms with E-state index < -0.39 is 5.91 Å². The van der Waals surface area contributed by atoms with E-state index in [0.717, 1.165) is 12.0 Å². The Hall–Kier alpha value is -2.26. The van der Waals surface area contributed by atoms with E-state index >= 15 is 0 Å². The molecule has 0 atom stereocenters. The number of rotatable bonds is 8. The number of amides is 2. The Bertz CT molecular complexity index is 1090. The summed E-state index contributed by atoms with van der Waals surface area (Å²) in [6, 6.07) is 10.1. The maximum atomic E-state index is 12.5. The monoisotopic (exact) mass is 510 g/mol. The molecule has 6 nitrogen and oxygen atoms in total. The number of methoxy groups -OCH3 is 1. The summed E-state index contributed by atoms with van der Waals surface area (Å²) in [5.41, 5.74) is 1.15. The van der Waals surface area contributed by atoms with Crippen LogP contribution in [0.4, 0.5) is 5.69 Å². The minimum absolute atomic E-state index is 0.0995. The van der Waals surface area contributed by atoms with Crippen LogP contribution in [0.15, 0.2) is 41.3 Å². The molecule has 0 bridgehead atoms. The van der Waals surface area contributed by atoms with Gasteiger partial charge >= 0.3 is 0 Å². The van der Waals surface area contributed by atoms with Gasteiger partial charge in [-0.1, -0.05) is 66.2 Å². The fourth-order valence-corrected chi connectivity index (χ4v) is 4.55. The molecule has 32 heavy (non-hydrogen) atoms. The standard InChI is InChI=1S/C22H20Cl2N2O4S2/c1-3-9-26-21(28)18(32-22(26)31)11-13-7-8-16(17(10-13)29-2)30-12-19(27)25-15-6-4-5-14(23)20(15)24/h4-8,10-11H,3,9,12H2,1-2H3,(H,25,27)/b18-11-. The van der Waals surface area contributed by atoms with Gasteiger partial charge in [0.15, 0.2) is 18.1 Å². The lowest BCUT2D eigenvalue weighted by Gasteiger charge is -2.13. The van der Waals surface area contributed by atoms with Crippen LogP contribution in [0, 0.1) is 0 Å². The number of hydrogen-bond acceptors (Lipinski definition) is 6. The van der Waals surface area contributed by atoms with E-state index in [9.17, 15) is 9.59 Å². The molecule has 2 amide bonds. The first kappa shape index (κ1) is 24.4. The third-order valence-corrected chi connectivity index (χ3v) is 6.59. The van der Waals surface area contributed by atoms with Crippen molar-refractivity contribution in [1.82, 2.24) is 4.90 Å². The molecule has 0 unspecified atom stereocenters. The fourth-order valence-electron chi connectivity index (χ4n) is 2.89. The van der Waals surface area contributed by atoms with E-state index in [2.05, 4.69) is 5.32 Å². The van der Waals surface area contributed by atoms with Crippen molar-refractivity contribution in [3.05, 3.63) is 56.9 Å². The SMILES string of the molecule is CCCN1C(=O)/C(=C/c2ccc(OCC(=O)Nc3cccc(Cl)c3Cl)c(OC)c2)SC1=S. The Kier molecular flexibility index (Phi) is 8.42. The van der Waals surface area contributed by atoms with Gasteiger partial charge < -0.3 is 14.8 Å². The van der Waals surface area contributed by atoms with Crippen LogP contribution in [0.5, 0.6) is 11.5 Å². The summed E-state index contributed by atoms with van der Waals surface area (Å²) in [5, 5.41) is 3.25. The van der Waals surface area contributed by atoms with Crippen molar-refractivity contribution in [2.75, 3.05) is 25.6 Å². The largest absolute Gasteiger partial charge is 0.493 e. The fraction of sp³-hybridized carbons (Fsp3) is 0.227. The predicted octanol–water partition coefficient (Wildman–Crippen LogP) is 5.63. The van der Waals surface area contributed by atoms with Crippen molar-refractivity contribution < 1.29 is 19.1 Å². The molecule has 1 N–H and O–H groups in total. The molecule has 1 heterocycles. The smallest absolute Gasteiger partial charge is 0.266 e. The lowest BCUT2D eigenvalue weighted by molar-refractivity contribution is -0.122. The average Bonchev–Trinajstić information content (AvgIpc) is 3.03. The first-order chi connectivity index (χ1) is 15.3. The maximum Gasteiger partial charge on any atom is 0.266 e. The summed E-state index contributed by atoms with van der Waals surface area (Å²) in [6.45, 7) is 2.34. The van der Waals surface area contributed by atoms with E-state index in [-0.39, 0.29) is 17.5 Å². The summed E-state index contributed by atoms with van der Waals surface area (Å²) in [6.07, 6.45) is 2.59. The van der Waals surface area contributed by atoms with Crippen LogP contribution in [0.2, 0.25) is 10.0 Å². The topological polar surface area (TPSA) is 67.9 Å². The molecule has 3 rings (SSSR count). The third-order valence-electron chi connectivity index (χ3n) is 4.39. The summed E-state index contributed by atoms with van der Waals surface area (Å²) >= 11 is 18.6. The van der Waals surface area contributed by atoms with E-state index in [0.29, 0.717) is 38.0 Å². The number of nitrogens with zero attached hydrogens (tertiary/aromatic N) is 1. The number of nitrogens with one attached hydrogen (secondary N) is 1. The molecule has 0 radical (unpaired) electrons. The Morgan fingerprint density at radius 2 is 2.03 bits per heavy atom. The van der Waals surface area contributed by atoms with Crippen LogP contribution in [0.3, 0.4) is 0 Å². The van der Waals surface area contributed by atoms with Gasteiger partial charge in [-0.2, -0.15) is 0 Å². The van der Waals surface area contributed by atoms with E-state index in [1.165, 1.54) is 18.9 Å². The second kappa shape index (κ2) is 11.0. The first-order valence-corrected chi connectivity index (χ1v) is 11.6. The Balaban J connectivity index is 1.68. The zero-order chi connectivity index (χ0) is 23.3. The van der Waals surface area contributed by atoms with Crippen LogP contribution < -0.4 is 14.8 Å². The highest BCUT2D eigenvalue weighted by atomic mass is 35.5. The quantitative estimate of drug-likeness (QED) is 0.366. The van der Waals surface area contributed by atoms with Crippen LogP contribution in [0.1, 0.15) is 18.9 Å². The molecule has 0 saturated carbocycles. The van der Waals surface area contributed by atoms with Crippen LogP contribution in [0.25, 0.3) is 6.08 Å².